The number of rotatable bonds is 5. The Morgan fingerprint density at radius 1 is 1.17 bits per heavy atom. The van der Waals surface area contributed by atoms with Crippen molar-refractivity contribution >= 4 is 15.7 Å². The van der Waals surface area contributed by atoms with Crippen LogP contribution in [0.3, 0.4) is 0 Å². The van der Waals surface area contributed by atoms with Gasteiger partial charge < -0.3 is 9.64 Å². The number of fused-ring (bicyclic) bond motifs is 1. The average molecular weight is 513 g/mol. The van der Waals surface area contributed by atoms with Gasteiger partial charge in [-0.25, -0.2) is 18.8 Å². The predicted octanol–water partition coefficient (Wildman–Crippen LogP) is 2.58. The number of ether oxygens (including phenoxy) is 1. The van der Waals surface area contributed by atoms with Crippen LogP contribution in [0.2, 0.25) is 0 Å². The van der Waals surface area contributed by atoms with Crippen LogP contribution < -0.4 is 15.8 Å². The van der Waals surface area contributed by atoms with E-state index in [2.05, 4.69) is 51.9 Å². The first-order chi connectivity index (χ1) is 17.2. The molecular formula is C26H36N6O3S. The second-order valence-electron chi connectivity index (χ2n) is 11.4. The molecule has 5 atom stereocenters. The van der Waals surface area contributed by atoms with Gasteiger partial charge in [-0.3, -0.25) is 5.43 Å². The van der Waals surface area contributed by atoms with Gasteiger partial charge in [0.25, 0.3) is 0 Å². The average Bonchev–Trinajstić information content (AvgIpc) is 3.38. The first-order valence-corrected chi connectivity index (χ1v) is 14.9. The lowest BCUT2D eigenvalue weighted by atomic mass is 9.78. The van der Waals surface area contributed by atoms with E-state index in [9.17, 15) is 8.42 Å². The van der Waals surface area contributed by atoms with Crippen LogP contribution in [0.4, 0.5) is 5.82 Å². The summed E-state index contributed by atoms with van der Waals surface area (Å²) in [7, 11) is -2.86. The number of aromatic nitrogens is 3. The molecule has 3 aliphatic heterocycles. The molecule has 4 fully saturated rings. The minimum Gasteiger partial charge on any atom is -0.370 e. The van der Waals surface area contributed by atoms with Crippen molar-refractivity contribution in [2.75, 3.05) is 29.5 Å². The van der Waals surface area contributed by atoms with Crippen molar-refractivity contribution in [2.24, 2.45) is 11.3 Å². The summed E-state index contributed by atoms with van der Waals surface area (Å²) >= 11 is 0. The minimum atomic E-state index is -2.86. The lowest BCUT2D eigenvalue weighted by Gasteiger charge is -2.48. The van der Waals surface area contributed by atoms with Gasteiger partial charge in [-0.05, 0) is 69.6 Å². The lowest BCUT2D eigenvalue weighted by Crippen LogP contribution is -2.57. The first kappa shape index (κ1) is 24.2. The van der Waals surface area contributed by atoms with Gasteiger partial charge in [0.1, 0.15) is 5.82 Å². The Morgan fingerprint density at radius 2 is 2.00 bits per heavy atom. The van der Waals surface area contributed by atoms with E-state index in [-0.39, 0.29) is 23.7 Å². The Balaban J connectivity index is 1.09. The maximum Gasteiger partial charge on any atom is 0.151 e. The molecule has 2 N–H and O–H groups in total. The van der Waals surface area contributed by atoms with Gasteiger partial charge in [0.05, 0.1) is 41.6 Å². The Hall–Kier alpha value is -2.14. The highest BCUT2D eigenvalue weighted by Gasteiger charge is 2.51. The maximum absolute atomic E-state index is 11.9. The molecule has 2 aromatic heterocycles. The van der Waals surface area contributed by atoms with Gasteiger partial charge in [0, 0.05) is 36.3 Å². The van der Waals surface area contributed by atoms with E-state index >= 15 is 0 Å². The number of hydrogen-bond acceptors (Lipinski definition) is 9. The quantitative estimate of drug-likeness (QED) is 0.625. The molecule has 6 rings (SSSR count). The summed E-state index contributed by atoms with van der Waals surface area (Å²) in [4.78, 5) is 6.97. The fourth-order valence-corrected chi connectivity index (χ4v) is 9.13. The lowest BCUT2D eigenvalue weighted by molar-refractivity contribution is -0.0377. The molecule has 3 saturated heterocycles. The van der Waals surface area contributed by atoms with Crippen LogP contribution in [0, 0.1) is 25.2 Å². The molecule has 0 bridgehead atoms. The number of sulfone groups is 1. The van der Waals surface area contributed by atoms with Crippen LogP contribution in [-0.2, 0) is 14.6 Å². The molecule has 10 heteroatoms. The molecule has 0 aromatic carbocycles. The van der Waals surface area contributed by atoms with Crippen LogP contribution in [0.5, 0.6) is 0 Å². The number of hydrazine groups is 1. The number of aryl methyl sites for hydroxylation is 2. The minimum absolute atomic E-state index is 0.0153. The molecule has 1 spiro atoms. The molecule has 1 saturated carbocycles. The molecule has 4 unspecified atom stereocenters. The molecule has 0 radical (unpaired) electrons. The van der Waals surface area contributed by atoms with Gasteiger partial charge in [-0.1, -0.05) is 6.07 Å². The third kappa shape index (κ3) is 4.42. The van der Waals surface area contributed by atoms with Crippen LogP contribution in [0.1, 0.15) is 67.1 Å². The Kier molecular flexibility index (Phi) is 6.06. The SMILES string of the molecule is Cc1cnnc(C)c1[C@@H](C)OC1CCC2NNC(c3ccc(N4CC5(CCS(=O)(=O)C5)C4)nc3)C2C1. The molecule has 9 nitrogen and oxygen atoms in total. The summed E-state index contributed by atoms with van der Waals surface area (Å²) in [5.41, 5.74) is 11.4. The Bertz CT molecular complexity index is 1210. The first-order valence-electron chi connectivity index (χ1n) is 13.1. The van der Waals surface area contributed by atoms with Gasteiger partial charge in [0.2, 0.25) is 0 Å². The molecule has 5 heterocycles. The number of hydrogen-bond donors (Lipinski definition) is 2. The number of nitrogens with one attached hydrogen (secondary N) is 2. The number of anilines is 1. The van der Waals surface area contributed by atoms with Gasteiger partial charge in [-0.2, -0.15) is 10.2 Å². The van der Waals surface area contributed by atoms with Crippen LogP contribution in [0.15, 0.2) is 24.5 Å². The van der Waals surface area contributed by atoms with E-state index < -0.39 is 9.84 Å². The summed E-state index contributed by atoms with van der Waals surface area (Å²) in [5, 5.41) is 8.28. The molecule has 194 valence electrons. The summed E-state index contributed by atoms with van der Waals surface area (Å²) in [6.07, 6.45) is 7.85. The normalized spacial score (nSPS) is 31.2. The van der Waals surface area contributed by atoms with E-state index in [1.165, 1.54) is 5.56 Å². The standard InChI is InChI=1S/C26H36N6O3S/c1-16-11-28-29-17(2)24(16)18(3)35-20-5-6-22-21(10-20)25(31-30-22)19-4-7-23(27-12-19)32-13-26(14-32)8-9-36(33,34)15-26/h4,7,11-12,18,20-22,25,30-31H,5-6,8-10,13-15H2,1-3H3/t18-,20?,21?,22?,25?/m1/s1. The van der Waals surface area contributed by atoms with Gasteiger partial charge in [0.15, 0.2) is 9.84 Å². The largest absolute Gasteiger partial charge is 0.370 e. The maximum atomic E-state index is 11.9. The molecule has 2 aromatic rings. The highest BCUT2D eigenvalue weighted by Crippen LogP contribution is 2.43. The Morgan fingerprint density at radius 3 is 2.69 bits per heavy atom. The van der Waals surface area contributed by atoms with E-state index in [1.54, 1.807) is 0 Å². The zero-order valence-electron chi connectivity index (χ0n) is 21.3. The summed E-state index contributed by atoms with van der Waals surface area (Å²) in [6, 6.07) is 4.87. The fourth-order valence-electron chi connectivity index (χ4n) is 6.98. The monoisotopic (exact) mass is 512 g/mol. The second-order valence-corrected chi connectivity index (χ2v) is 13.6. The zero-order chi connectivity index (χ0) is 25.1. The third-order valence-electron chi connectivity index (χ3n) is 8.76. The second kappa shape index (κ2) is 9.01. The highest BCUT2D eigenvalue weighted by atomic mass is 32.2. The summed E-state index contributed by atoms with van der Waals surface area (Å²) in [5.74, 6) is 2.02. The van der Waals surface area contributed by atoms with Crippen molar-refractivity contribution in [1.82, 2.24) is 26.0 Å². The Labute approximate surface area is 213 Å². The van der Waals surface area contributed by atoms with Crippen LogP contribution >= 0.6 is 0 Å². The molecular weight excluding hydrogens is 476 g/mol. The summed E-state index contributed by atoms with van der Waals surface area (Å²) < 4.78 is 30.4. The summed E-state index contributed by atoms with van der Waals surface area (Å²) in [6.45, 7) is 7.76. The third-order valence-corrected chi connectivity index (χ3v) is 10.6. The van der Waals surface area contributed by atoms with Gasteiger partial charge in [-0.15, -0.1) is 0 Å². The van der Waals surface area contributed by atoms with E-state index in [0.717, 1.165) is 61.4 Å². The molecule has 36 heavy (non-hydrogen) atoms. The highest BCUT2D eigenvalue weighted by molar-refractivity contribution is 7.91. The number of nitrogens with zero attached hydrogens (tertiary/aromatic N) is 4. The van der Waals surface area contributed by atoms with Crippen molar-refractivity contribution in [3.63, 3.8) is 0 Å². The van der Waals surface area contributed by atoms with Crippen molar-refractivity contribution < 1.29 is 13.2 Å². The van der Waals surface area contributed by atoms with Gasteiger partial charge >= 0.3 is 0 Å². The van der Waals surface area contributed by atoms with E-state index in [4.69, 9.17) is 9.72 Å². The smallest absolute Gasteiger partial charge is 0.151 e. The fraction of sp³-hybridized carbons (Fsp3) is 0.654. The van der Waals surface area contributed by atoms with Crippen LogP contribution in [-0.4, -0.2) is 60.3 Å². The predicted molar refractivity (Wildman–Crippen MR) is 137 cm³/mol. The molecule has 4 aliphatic rings. The van der Waals surface area contributed by atoms with E-state index in [1.807, 2.05) is 19.3 Å². The van der Waals surface area contributed by atoms with Crippen molar-refractivity contribution in [2.45, 2.75) is 70.7 Å². The van der Waals surface area contributed by atoms with Crippen molar-refractivity contribution in [3.05, 3.63) is 46.9 Å². The van der Waals surface area contributed by atoms with Crippen molar-refractivity contribution in [3.8, 4) is 0 Å². The van der Waals surface area contributed by atoms with E-state index in [0.29, 0.717) is 23.5 Å². The topological polar surface area (TPSA) is 109 Å². The molecule has 0 amide bonds. The van der Waals surface area contributed by atoms with Crippen LogP contribution in [0.25, 0.3) is 0 Å². The number of pyridine rings is 1. The zero-order valence-corrected chi connectivity index (χ0v) is 22.1. The molecule has 1 aliphatic carbocycles. The van der Waals surface area contributed by atoms with Crippen molar-refractivity contribution in [1.29, 1.82) is 0 Å².